The average Bonchev–Trinajstić information content (AvgIpc) is 3.29. The molecule has 8 heteroatoms. The molecule has 0 aliphatic heterocycles. The minimum Gasteiger partial charge on any atom is -0.379 e. The molecule has 182 valence electrons. The van der Waals surface area contributed by atoms with E-state index in [9.17, 15) is 9.59 Å². The molecule has 1 aromatic heterocycles. The molecule has 0 saturated heterocycles. The van der Waals surface area contributed by atoms with E-state index in [4.69, 9.17) is 9.47 Å². The van der Waals surface area contributed by atoms with Gasteiger partial charge < -0.3 is 14.8 Å². The molecule has 0 spiro atoms. The Morgan fingerprint density at radius 1 is 0.970 bits per heavy atom. The lowest BCUT2D eigenvalue weighted by Crippen LogP contribution is -2.26. The summed E-state index contributed by atoms with van der Waals surface area (Å²) in [6.07, 6.45) is 4.23. The summed E-state index contributed by atoms with van der Waals surface area (Å²) in [5.41, 5.74) is 2.37. The molecule has 8 nitrogen and oxygen atoms in total. The quantitative estimate of drug-likeness (QED) is 0.301. The van der Waals surface area contributed by atoms with E-state index in [2.05, 4.69) is 29.5 Å². The number of benzene rings is 1. The molecule has 0 bridgehead atoms. The molecule has 0 atom stereocenters. The summed E-state index contributed by atoms with van der Waals surface area (Å²) in [7, 11) is 0. The molecule has 0 unspecified atom stereocenters. The minimum atomic E-state index is -0.0676. The first-order valence-electron chi connectivity index (χ1n) is 11.8. The number of ketones is 1. The van der Waals surface area contributed by atoms with Crippen molar-refractivity contribution in [2.45, 2.75) is 59.4 Å². The van der Waals surface area contributed by atoms with E-state index in [1.165, 1.54) is 0 Å². The van der Waals surface area contributed by atoms with Gasteiger partial charge in [0.15, 0.2) is 5.78 Å². The number of nitrogens with one attached hydrogen (secondary N) is 1. The average molecular weight is 459 g/mol. The first kappa shape index (κ1) is 26.7. The summed E-state index contributed by atoms with van der Waals surface area (Å²) >= 11 is 0. The Kier molecular flexibility index (Phi) is 11.8. The summed E-state index contributed by atoms with van der Waals surface area (Å²) in [5, 5.41) is 11.1. The Labute approximate surface area is 197 Å². The number of hydrogen-bond donors (Lipinski definition) is 1. The van der Waals surface area contributed by atoms with Crippen LogP contribution in [-0.4, -0.2) is 59.7 Å². The summed E-state index contributed by atoms with van der Waals surface area (Å²) in [5.74, 6) is 0.624. The number of Topliss-reactive ketones (excluding diaryl/α,β-unsaturated/α-hetero) is 1. The largest absolute Gasteiger partial charge is 0.379 e. The van der Waals surface area contributed by atoms with Crippen LogP contribution in [0.4, 0.5) is 0 Å². The normalized spacial score (nSPS) is 11.3. The van der Waals surface area contributed by atoms with Crippen molar-refractivity contribution < 1.29 is 19.1 Å². The highest BCUT2D eigenvalue weighted by Crippen LogP contribution is 2.19. The third-order valence-electron chi connectivity index (χ3n) is 5.13. The molecule has 1 amide bonds. The fourth-order valence-electron chi connectivity index (χ4n) is 3.00. The number of aromatic nitrogens is 3. The molecule has 1 heterocycles. The van der Waals surface area contributed by atoms with Crippen molar-refractivity contribution in [2.24, 2.45) is 5.92 Å². The lowest BCUT2D eigenvalue weighted by Gasteiger charge is -2.08. The standard InChI is InChI=1S/C25H38N4O4/c1-19(2)11-14-32-16-17-33-15-12-25(31)26-13-5-6-24(30)22-9-7-21(8-10-22)23-18-29(20(3)4)28-27-23/h7-10,18-20H,5-6,11-17H2,1-4H3,(H,26,31). The second-order valence-electron chi connectivity index (χ2n) is 8.79. The van der Waals surface area contributed by atoms with Gasteiger partial charge >= 0.3 is 0 Å². The van der Waals surface area contributed by atoms with Crippen LogP contribution < -0.4 is 5.32 Å². The Bertz CT molecular complexity index is 846. The van der Waals surface area contributed by atoms with Gasteiger partial charge in [-0.2, -0.15) is 0 Å². The number of carbonyl (C=O) groups excluding carboxylic acids is 2. The van der Waals surface area contributed by atoms with Gasteiger partial charge in [0.05, 0.1) is 26.0 Å². The van der Waals surface area contributed by atoms with Gasteiger partial charge in [0.1, 0.15) is 5.69 Å². The molecule has 2 aromatic rings. The summed E-state index contributed by atoms with van der Waals surface area (Å²) in [4.78, 5) is 24.3. The van der Waals surface area contributed by atoms with Crippen molar-refractivity contribution in [2.75, 3.05) is 33.0 Å². The lowest BCUT2D eigenvalue weighted by molar-refractivity contribution is -0.122. The van der Waals surface area contributed by atoms with Crippen molar-refractivity contribution in [1.29, 1.82) is 0 Å². The van der Waals surface area contributed by atoms with E-state index >= 15 is 0 Å². The fourth-order valence-corrected chi connectivity index (χ4v) is 3.00. The Balaban J connectivity index is 1.57. The van der Waals surface area contributed by atoms with Gasteiger partial charge in [-0.25, -0.2) is 4.68 Å². The van der Waals surface area contributed by atoms with Gasteiger partial charge in [-0.05, 0) is 32.6 Å². The zero-order valence-electron chi connectivity index (χ0n) is 20.4. The molecule has 0 aliphatic rings. The predicted octanol–water partition coefficient (Wildman–Crippen LogP) is 4.07. The number of nitrogens with zero attached hydrogens (tertiary/aromatic N) is 3. The third-order valence-corrected chi connectivity index (χ3v) is 5.13. The first-order chi connectivity index (χ1) is 15.9. The molecule has 1 N–H and O–H groups in total. The highest BCUT2D eigenvalue weighted by molar-refractivity contribution is 5.96. The van der Waals surface area contributed by atoms with Gasteiger partial charge in [0, 0.05) is 43.2 Å². The van der Waals surface area contributed by atoms with Gasteiger partial charge in [-0.3, -0.25) is 9.59 Å². The number of carbonyl (C=O) groups is 2. The Morgan fingerprint density at radius 2 is 1.67 bits per heavy atom. The zero-order chi connectivity index (χ0) is 24.1. The number of hydrogen-bond acceptors (Lipinski definition) is 6. The van der Waals surface area contributed by atoms with Crippen LogP contribution in [0.5, 0.6) is 0 Å². The molecule has 2 rings (SSSR count). The van der Waals surface area contributed by atoms with E-state index in [-0.39, 0.29) is 17.7 Å². The maximum Gasteiger partial charge on any atom is 0.222 e. The number of amides is 1. The highest BCUT2D eigenvalue weighted by Gasteiger charge is 2.09. The second-order valence-corrected chi connectivity index (χ2v) is 8.79. The van der Waals surface area contributed by atoms with Crippen LogP contribution in [0.1, 0.15) is 69.8 Å². The van der Waals surface area contributed by atoms with Crippen molar-refractivity contribution in [3.63, 3.8) is 0 Å². The van der Waals surface area contributed by atoms with E-state index in [0.717, 1.165) is 24.3 Å². The maximum absolute atomic E-state index is 12.4. The summed E-state index contributed by atoms with van der Waals surface area (Å²) in [6.45, 7) is 11.0. The van der Waals surface area contributed by atoms with Crippen molar-refractivity contribution >= 4 is 11.7 Å². The summed E-state index contributed by atoms with van der Waals surface area (Å²) in [6, 6.07) is 7.65. The molecule has 33 heavy (non-hydrogen) atoms. The predicted molar refractivity (Wildman–Crippen MR) is 128 cm³/mol. The van der Waals surface area contributed by atoms with Crippen LogP contribution in [0.2, 0.25) is 0 Å². The lowest BCUT2D eigenvalue weighted by atomic mass is 10.0. The van der Waals surface area contributed by atoms with Gasteiger partial charge in [0.25, 0.3) is 0 Å². The molecule has 0 fully saturated rings. The third kappa shape index (κ3) is 10.3. The van der Waals surface area contributed by atoms with E-state index in [1.807, 2.05) is 44.3 Å². The Morgan fingerprint density at radius 3 is 2.30 bits per heavy atom. The Hall–Kier alpha value is -2.58. The fraction of sp³-hybridized carbons (Fsp3) is 0.600. The van der Waals surface area contributed by atoms with Crippen LogP contribution in [0.3, 0.4) is 0 Å². The van der Waals surface area contributed by atoms with Gasteiger partial charge in [-0.15, -0.1) is 5.10 Å². The van der Waals surface area contributed by atoms with E-state index < -0.39 is 0 Å². The van der Waals surface area contributed by atoms with Gasteiger partial charge in [0.2, 0.25) is 5.91 Å². The van der Waals surface area contributed by atoms with Crippen LogP contribution in [0.25, 0.3) is 11.3 Å². The van der Waals surface area contributed by atoms with Crippen molar-refractivity contribution in [3.05, 3.63) is 36.0 Å². The van der Waals surface area contributed by atoms with Crippen LogP contribution >= 0.6 is 0 Å². The maximum atomic E-state index is 12.4. The van der Waals surface area contributed by atoms with E-state index in [1.54, 1.807) is 4.68 Å². The van der Waals surface area contributed by atoms with Crippen LogP contribution in [0.15, 0.2) is 30.5 Å². The first-order valence-corrected chi connectivity index (χ1v) is 11.8. The van der Waals surface area contributed by atoms with E-state index in [0.29, 0.717) is 57.1 Å². The number of rotatable bonds is 16. The van der Waals surface area contributed by atoms with Crippen molar-refractivity contribution in [1.82, 2.24) is 20.3 Å². The highest BCUT2D eigenvalue weighted by atomic mass is 16.5. The van der Waals surface area contributed by atoms with Crippen molar-refractivity contribution in [3.8, 4) is 11.3 Å². The molecular weight excluding hydrogens is 420 g/mol. The minimum absolute atomic E-state index is 0.0578. The van der Waals surface area contributed by atoms with Crippen LogP contribution in [0, 0.1) is 5.92 Å². The monoisotopic (exact) mass is 458 g/mol. The van der Waals surface area contributed by atoms with Gasteiger partial charge in [-0.1, -0.05) is 43.3 Å². The summed E-state index contributed by atoms with van der Waals surface area (Å²) < 4.78 is 12.7. The molecule has 0 aliphatic carbocycles. The molecule has 1 aromatic carbocycles. The molecule has 0 radical (unpaired) electrons. The second kappa shape index (κ2) is 14.5. The molecular formula is C25H38N4O4. The zero-order valence-corrected chi connectivity index (χ0v) is 20.4. The SMILES string of the molecule is CC(C)CCOCCOCCC(=O)NCCCC(=O)c1ccc(-c2cn(C(C)C)nn2)cc1. The smallest absolute Gasteiger partial charge is 0.222 e. The molecule has 0 saturated carbocycles. The number of ether oxygens (including phenoxy) is 2. The topological polar surface area (TPSA) is 95.3 Å². The van der Waals surface area contributed by atoms with Crippen LogP contribution in [-0.2, 0) is 14.3 Å².